The summed E-state index contributed by atoms with van der Waals surface area (Å²) in [5.74, 6) is -0.0395. The van der Waals surface area contributed by atoms with Crippen LogP contribution in [0.25, 0.3) is 0 Å². The molecular weight excluding hydrogens is 321 g/mol. The van der Waals surface area contributed by atoms with Crippen LogP contribution in [-0.4, -0.2) is 34.9 Å². The molecule has 1 fully saturated rings. The van der Waals surface area contributed by atoms with Crippen LogP contribution in [0.3, 0.4) is 0 Å². The first-order valence-corrected chi connectivity index (χ1v) is 6.44. The van der Waals surface area contributed by atoms with Crippen molar-refractivity contribution in [2.75, 3.05) is 13.1 Å². The first-order valence-electron chi connectivity index (χ1n) is 6.06. The summed E-state index contributed by atoms with van der Waals surface area (Å²) in [4.78, 5) is 18.1. The molecule has 1 aromatic rings. The Morgan fingerprint density at radius 1 is 1.50 bits per heavy atom. The third-order valence-electron chi connectivity index (χ3n) is 3.60. The normalized spacial score (nSPS) is 20.6. The minimum atomic E-state index is -0.0621. The third kappa shape index (κ3) is 3.98. The average Bonchev–Trinajstić information content (AvgIpc) is 2.32. The van der Waals surface area contributed by atoms with Crippen LogP contribution in [-0.2, 0) is 0 Å². The van der Waals surface area contributed by atoms with Gasteiger partial charge >= 0.3 is 0 Å². The Morgan fingerprint density at radius 2 is 2.15 bits per heavy atom. The minimum Gasteiger partial charge on any atom is -0.338 e. The fourth-order valence-electron chi connectivity index (χ4n) is 2.27. The largest absolute Gasteiger partial charge is 0.338 e. The molecule has 0 radical (unpaired) electrons. The Labute approximate surface area is 136 Å². The van der Waals surface area contributed by atoms with Gasteiger partial charge in [0.05, 0.1) is 10.6 Å². The quantitative estimate of drug-likeness (QED) is 0.855. The number of hydrogen-bond donors (Lipinski definition) is 1. The predicted molar refractivity (Wildman–Crippen MR) is 86.0 cm³/mol. The lowest BCUT2D eigenvalue weighted by atomic mass is 9.79. The highest BCUT2D eigenvalue weighted by molar-refractivity contribution is 6.33. The molecule has 1 aromatic heterocycles. The number of aromatic nitrogens is 1. The number of nitrogens with zero attached hydrogens (tertiary/aromatic N) is 2. The zero-order chi connectivity index (χ0) is 13.3. The van der Waals surface area contributed by atoms with Gasteiger partial charge in [0, 0.05) is 31.5 Å². The smallest absolute Gasteiger partial charge is 0.255 e. The number of nitrogens with two attached hydrogens (primary N) is 1. The number of carbonyl (C=O) groups is 1. The van der Waals surface area contributed by atoms with Crippen LogP contribution >= 0.6 is 36.4 Å². The molecule has 0 aromatic carbocycles. The lowest BCUT2D eigenvalue weighted by Gasteiger charge is -2.42. The summed E-state index contributed by atoms with van der Waals surface area (Å²) in [6, 6.07) is 1.79. The summed E-state index contributed by atoms with van der Waals surface area (Å²) in [6.07, 6.45) is 3.90. The maximum absolute atomic E-state index is 12.4. The number of rotatable bonds is 1. The molecule has 20 heavy (non-hydrogen) atoms. The second-order valence-corrected chi connectivity index (χ2v) is 5.87. The second-order valence-electron chi connectivity index (χ2n) is 5.47. The van der Waals surface area contributed by atoms with Crippen molar-refractivity contribution in [1.82, 2.24) is 9.88 Å². The molecule has 1 saturated heterocycles. The number of carbonyl (C=O) groups excluding carboxylic acids is 1. The van der Waals surface area contributed by atoms with Gasteiger partial charge in [-0.15, -0.1) is 24.8 Å². The average molecular weight is 341 g/mol. The molecule has 0 spiro atoms. The van der Waals surface area contributed by atoms with E-state index < -0.39 is 0 Å². The van der Waals surface area contributed by atoms with Crippen molar-refractivity contribution in [3.05, 3.63) is 29.0 Å². The summed E-state index contributed by atoms with van der Waals surface area (Å²) in [5.41, 5.74) is 6.52. The Morgan fingerprint density at radius 3 is 2.70 bits per heavy atom. The number of piperidine rings is 1. The SMILES string of the molecule is CC1(C)CN(C(=O)c2ccncc2Cl)CCC1N.Cl.Cl. The molecule has 1 amide bonds. The summed E-state index contributed by atoms with van der Waals surface area (Å²) in [6.45, 7) is 5.52. The van der Waals surface area contributed by atoms with Gasteiger partial charge in [0.15, 0.2) is 0 Å². The van der Waals surface area contributed by atoms with Gasteiger partial charge in [-0.3, -0.25) is 9.78 Å². The zero-order valence-electron chi connectivity index (χ0n) is 11.5. The predicted octanol–water partition coefficient (Wildman–Crippen LogP) is 2.78. The number of likely N-dealkylation sites (tertiary alicyclic amines) is 1. The van der Waals surface area contributed by atoms with Crippen molar-refractivity contribution < 1.29 is 4.79 Å². The van der Waals surface area contributed by atoms with Crippen molar-refractivity contribution >= 4 is 42.3 Å². The first-order chi connectivity index (χ1) is 8.42. The van der Waals surface area contributed by atoms with Crippen molar-refractivity contribution in [3.8, 4) is 0 Å². The maximum atomic E-state index is 12.4. The molecule has 4 nitrogen and oxygen atoms in total. The molecule has 114 valence electrons. The van der Waals surface area contributed by atoms with Gasteiger partial charge in [0.25, 0.3) is 5.91 Å². The second kappa shape index (κ2) is 7.46. The number of halogens is 3. The molecule has 7 heteroatoms. The Hall–Kier alpha value is -0.550. The summed E-state index contributed by atoms with van der Waals surface area (Å²) < 4.78 is 0. The van der Waals surface area contributed by atoms with E-state index in [9.17, 15) is 4.79 Å². The molecule has 0 saturated carbocycles. The van der Waals surface area contributed by atoms with E-state index in [1.807, 2.05) is 4.90 Å². The van der Waals surface area contributed by atoms with E-state index in [1.54, 1.807) is 12.3 Å². The summed E-state index contributed by atoms with van der Waals surface area (Å²) >= 11 is 6.00. The lowest BCUT2D eigenvalue weighted by molar-refractivity contribution is 0.0533. The van der Waals surface area contributed by atoms with Gasteiger partial charge in [0.2, 0.25) is 0 Å². The van der Waals surface area contributed by atoms with Crippen molar-refractivity contribution in [2.45, 2.75) is 26.3 Å². The molecule has 1 unspecified atom stereocenters. The van der Waals surface area contributed by atoms with Crippen LogP contribution in [0.2, 0.25) is 5.02 Å². The van der Waals surface area contributed by atoms with Gasteiger partial charge in [-0.05, 0) is 17.9 Å². The fourth-order valence-corrected chi connectivity index (χ4v) is 2.47. The topological polar surface area (TPSA) is 59.2 Å². The van der Waals surface area contributed by atoms with E-state index in [0.29, 0.717) is 23.7 Å². The van der Waals surface area contributed by atoms with E-state index in [-0.39, 0.29) is 42.2 Å². The van der Waals surface area contributed by atoms with Gasteiger partial charge < -0.3 is 10.6 Å². The molecule has 0 aliphatic carbocycles. The first kappa shape index (κ1) is 19.4. The summed E-state index contributed by atoms with van der Waals surface area (Å²) in [5, 5.41) is 0.398. The standard InChI is InChI=1S/C13H18ClN3O.2ClH/c1-13(2)8-17(6-4-11(13)15)12(18)9-3-5-16-7-10(9)14;;/h3,5,7,11H,4,6,8,15H2,1-2H3;2*1H. The van der Waals surface area contributed by atoms with Crippen molar-refractivity contribution in [3.63, 3.8) is 0 Å². The van der Waals surface area contributed by atoms with Crippen molar-refractivity contribution in [2.24, 2.45) is 11.1 Å². The molecule has 1 atom stereocenters. The maximum Gasteiger partial charge on any atom is 0.255 e. The van der Waals surface area contributed by atoms with Crippen LogP contribution in [0.5, 0.6) is 0 Å². The Kier molecular flexibility index (Phi) is 7.25. The van der Waals surface area contributed by atoms with Gasteiger partial charge in [-0.25, -0.2) is 0 Å². The monoisotopic (exact) mass is 339 g/mol. The van der Waals surface area contributed by atoms with Crippen LogP contribution in [0.1, 0.15) is 30.6 Å². The highest BCUT2D eigenvalue weighted by Gasteiger charge is 2.35. The Balaban J connectivity index is 0.00000180. The molecule has 2 heterocycles. The molecule has 2 rings (SSSR count). The van der Waals surface area contributed by atoms with Crippen molar-refractivity contribution in [1.29, 1.82) is 0 Å². The minimum absolute atomic E-state index is 0. The van der Waals surface area contributed by atoms with E-state index >= 15 is 0 Å². The van der Waals surface area contributed by atoms with Crippen LogP contribution in [0, 0.1) is 5.41 Å². The van der Waals surface area contributed by atoms with E-state index in [4.69, 9.17) is 17.3 Å². The fraction of sp³-hybridized carbons (Fsp3) is 0.538. The number of pyridine rings is 1. The van der Waals surface area contributed by atoms with Crippen LogP contribution in [0.15, 0.2) is 18.5 Å². The molecule has 2 N–H and O–H groups in total. The van der Waals surface area contributed by atoms with E-state index in [1.165, 1.54) is 6.20 Å². The highest BCUT2D eigenvalue weighted by atomic mass is 35.5. The number of amides is 1. The zero-order valence-corrected chi connectivity index (χ0v) is 13.9. The molecule has 0 bridgehead atoms. The van der Waals surface area contributed by atoms with Gasteiger partial charge in [-0.2, -0.15) is 0 Å². The van der Waals surface area contributed by atoms with E-state index in [2.05, 4.69) is 18.8 Å². The van der Waals surface area contributed by atoms with Crippen LogP contribution < -0.4 is 5.73 Å². The van der Waals surface area contributed by atoms with Crippen LogP contribution in [0.4, 0.5) is 0 Å². The van der Waals surface area contributed by atoms with Gasteiger partial charge in [0.1, 0.15) is 0 Å². The highest BCUT2D eigenvalue weighted by Crippen LogP contribution is 2.29. The molecule has 1 aliphatic rings. The summed E-state index contributed by atoms with van der Waals surface area (Å²) in [7, 11) is 0. The number of hydrogen-bond acceptors (Lipinski definition) is 3. The molecule has 1 aliphatic heterocycles. The molecular formula is C13H20Cl3N3O. The van der Waals surface area contributed by atoms with E-state index in [0.717, 1.165) is 6.42 Å². The lowest BCUT2D eigenvalue weighted by Crippen LogP contribution is -2.54. The van der Waals surface area contributed by atoms with Gasteiger partial charge in [-0.1, -0.05) is 25.4 Å². The third-order valence-corrected chi connectivity index (χ3v) is 3.90. The Bertz CT molecular complexity index is 468.